The highest BCUT2D eigenvalue weighted by molar-refractivity contribution is 6.31. The normalized spacial score (nSPS) is 10.3. The molecule has 0 aromatic heterocycles. The molecule has 110 valence electrons. The van der Waals surface area contributed by atoms with Crippen LogP contribution in [0.15, 0.2) is 36.4 Å². The predicted molar refractivity (Wildman–Crippen MR) is 83.3 cm³/mol. The van der Waals surface area contributed by atoms with Gasteiger partial charge >= 0.3 is 0 Å². The van der Waals surface area contributed by atoms with E-state index >= 15 is 0 Å². The second kappa shape index (κ2) is 6.59. The highest BCUT2D eigenvalue weighted by Crippen LogP contribution is 2.21. The molecule has 2 rings (SSSR count). The van der Waals surface area contributed by atoms with E-state index in [1.54, 1.807) is 25.2 Å². The van der Waals surface area contributed by atoms with Gasteiger partial charge in [-0.25, -0.2) is 4.39 Å². The molecular formula is C16H16ClFN2O. The van der Waals surface area contributed by atoms with E-state index in [1.165, 1.54) is 12.1 Å². The third-order valence-corrected chi connectivity index (χ3v) is 3.56. The Hall–Kier alpha value is -2.07. The lowest BCUT2D eigenvalue weighted by Gasteiger charge is -2.12. The van der Waals surface area contributed by atoms with E-state index in [1.807, 2.05) is 13.0 Å². The molecule has 3 nitrogen and oxygen atoms in total. The van der Waals surface area contributed by atoms with E-state index in [0.717, 1.165) is 16.8 Å². The molecule has 2 aromatic rings. The third kappa shape index (κ3) is 3.73. The molecule has 0 spiro atoms. The van der Waals surface area contributed by atoms with Crippen LogP contribution in [-0.2, 0) is 6.54 Å². The van der Waals surface area contributed by atoms with Crippen molar-refractivity contribution in [3.63, 3.8) is 0 Å². The van der Waals surface area contributed by atoms with E-state index in [4.69, 9.17) is 11.6 Å². The Morgan fingerprint density at radius 1 is 1.24 bits per heavy atom. The predicted octanol–water partition coefficient (Wildman–Crippen LogP) is 3.76. The van der Waals surface area contributed by atoms with Crippen molar-refractivity contribution in [1.29, 1.82) is 0 Å². The van der Waals surface area contributed by atoms with Gasteiger partial charge in [0.15, 0.2) is 0 Å². The molecule has 0 heterocycles. The van der Waals surface area contributed by atoms with Crippen LogP contribution in [0, 0.1) is 12.7 Å². The van der Waals surface area contributed by atoms with E-state index in [2.05, 4.69) is 10.6 Å². The van der Waals surface area contributed by atoms with Gasteiger partial charge in [-0.3, -0.25) is 4.79 Å². The van der Waals surface area contributed by atoms with Crippen LogP contribution in [0.4, 0.5) is 10.1 Å². The summed E-state index contributed by atoms with van der Waals surface area (Å²) in [4.78, 5) is 11.6. The summed E-state index contributed by atoms with van der Waals surface area (Å²) in [6.07, 6.45) is 0. The first-order valence-electron chi connectivity index (χ1n) is 6.52. The number of amides is 1. The molecule has 0 unspecified atom stereocenters. The first kappa shape index (κ1) is 15.3. The molecule has 0 radical (unpaired) electrons. The fourth-order valence-corrected chi connectivity index (χ4v) is 2.19. The van der Waals surface area contributed by atoms with Gasteiger partial charge in [0.1, 0.15) is 5.82 Å². The number of benzene rings is 2. The zero-order chi connectivity index (χ0) is 15.4. The zero-order valence-electron chi connectivity index (χ0n) is 11.8. The van der Waals surface area contributed by atoms with Crippen molar-refractivity contribution in [2.45, 2.75) is 13.5 Å². The van der Waals surface area contributed by atoms with Crippen LogP contribution in [0.3, 0.4) is 0 Å². The summed E-state index contributed by atoms with van der Waals surface area (Å²) in [5.74, 6) is -0.501. The van der Waals surface area contributed by atoms with E-state index < -0.39 is 0 Å². The molecule has 0 aliphatic rings. The van der Waals surface area contributed by atoms with Crippen LogP contribution in [0.25, 0.3) is 0 Å². The lowest BCUT2D eigenvalue weighted by molar-refractivity contribution is 0.0963. The number of carbonyl (C=O) groups is 1. The molecule has 0 fully saturated rings. The summed E-state index contributed by atoms with van der Waals surface area (Å²) in [6.45, 7) is 2.40. The van der Waals surface area contributed by atoms with Gasteiger partial charge in [0, 0.05) is 29.9 Å². The standard InChI is InChI=1S/C16H16ClFN2O/c1-10-3-4-11(16(21)19-2)7-15(10)20-9-12-5-6-13(18)8-14(12)17/h3-8,20H,9H2,1-2H3,(H,19,21). The minimum atomic E-state index is -0.360. The van der Waals surface area contributed by atoms with Gasteiger partial charge in [-0.1, -0.05) is 23.7 Å². The Morgan fingerprint density at radius 3 is 2.67 bits per heavy atom. The maximum atomic E-state index is 13.0. The number of hydrogen-bond donors (Lipinski definition) is 2. The molecule has 2 N–H and O–H groups in total. The minimum absolute atomic E-state index is 0.141. The minimum Gasteiger partial charge on any atom is -0.381 e. The molecule has 0 saturated heterocycles. The van der Waals surface area contributed by atoms with Crippen LogP contribution in [0.1, 0.15) is 21.5 Å². The van der Waals surface area contributed by atoms with E-state index in [0.29, 0.717) is 17.1 Å². The highest BCUT2D eigenvalue weighted by Gasteiger charge is 2.07. The Bertz CT molecular complexity index is 673. The smallest absolute Gasteiger partial charge is 0.251 e. The van der Waals surface area contributed by atoms with Crippen molar-refractivity contribution in [3.8, 4) is 0 Å². The third-order valence-electron chi connectivity index (χ3n) is 3.21. The molecule has 2 aromatic carbocycles. The van der Waals surface area contributed by atoms with Crippen LogP contribution < -0.4 is 10.6 Å². The van der Waals surface area contributed by atoms with Gasteiger partial charge < -0.3 is 10.6 Å². The molecule has 21 heavy (non-hydrogen) atoms. The Kier molecular flexibility index (Phi) is 4.81. The maximum Gasteiger partial charge on any atom is 0.251 e. The summed E-state index contributed by atoms with van der Waals surface area (Å²) in [5, 5.41) is 6.19. The molecule has 0 aliphatic carbocycles. The topological polar surface area (TPSA) is 41.1 Å². The monoisotopic (exact) mass is 306 g/mol. The van der Waals surface area contributed by atoms with E-state index in [-0.39, 0.29) is 11.7 Å². The summed E-state index contributed by atoms with van der Waals surface area (Å²) >= 11 is 6.00. The van der Waals surface area contributed by atoms with Crippen LogP contribution >= 0.6 is 11.6 Å². The molecule has 5 heteroatoms. The Morgan fingerprint density at radius 2 is 2.00 bits per heavy atom. The van der Waals surface area contributed by atoms with Gasteiger partial charge in [-0.2, -0.15) is 0 Å². The van der Waals surface area contributed by atoms with Crippen LogP contribution in [-0.4, -0.2) is 13.0 Å². The van der Waals surface area contributed by atoms with Crippen molar-refractivity contribution in [1.82, 2.24) is 5.32 Å². The van der Waals surface area contributed by atoms with Crippen LogP contribution in [0.5, 0.6) is 0 Å². The van der Waals surface area contributed by atoms with Crippen molar-refractivity contribution in [3.05, 3.63) is 63.9 Å². The van der Waals surface area contributed by atoms with Gasteiger partial charge in [0.2, 0.25) is 0 Å². The fraction of sp³-hybridized carbons (Fsp3) is 0.188. The Labute approximate surface area is 128 Å². The lowest BCUT2D eigenvalue weighted by atomic mass is 10.1. The van der Waals surface area contributed by atoms with Crippen LogP contribution in [0.2, 0.25) is 5.02 Å². The lowest BCUT2D eigenvalue weighted by Crippen LogP contribution is -2.18. The number of halogens is 2. The Balaban J connectivity index is 2.17. The van der Waals surface area contributed by atoms with Gasteiger partial charge in [0.25, 0.3) is 5.91 Å². The highest BCUT2D eigenvalue weighted by atomic mass is 35.5. The quantitative estimate of drug-likeness (QED) is 0.903. The molecule has 0 saturated carbocycles. The molecule has 0 aliphatic heterocycles. The van der Waals surface area contributed by atoms with Gasteiger partial charge in [0.05, 0.1) is 0 Å². The number of aryl methyl sites for hydroxylation is 1. The van der Waals surface area contributed by atoms with Crippen molar-refractivity contribution in [2.24, 2.45) is 0 Å². The maximum absolute atomic E-state index is 13.0. The average Bonchev–Trinajstić information content (AvgIpc) is 2.47. The van der Waals surface area contributed by atoms with Crippen molar-refractivity contribution >= 4 is 23.2 Å². The molecule has 1 amide bonds. The number of hydrogen-bond acceptors (Lipinski definition) is 2. The number of rotatable bonds is 4. The van der Waals surface area contributed by atoms with E-state index in [9.17, 15) is 9.18 Å². The summed E-state index contributed by atoms with van der Waals surface area (Å²) in [7, 11) is 1.59. The number of nitrogens with one attached hydrogen (secondary N) is 2. The van der Waals surface area contributed by atoms with Gasteiger partial charge in [-0.15, -0.1) is 0 Å². The number of anilines is 1. The average molecular weight is 307 g/mol. The molecular weight excluding hydrogens is 291 g/mol. The first-order valence-corrected chi connectivity index (χ1v) is 6.89. The summed E-state index contributed by atoms with van der Waals surface area (Å²) in [6, 6.07) is 9.72. The second-order valence-corrected chi connectivity index (χ2v) is 5.11. The van der Waals surface area contributed by atoms with Gasteiger partial charge in [-0.05, 0) is 42.3 Å². The molecule has 0 atom stereocenters. The molecule has 0 bridgehead atoms. The largest absolute Gasteiger partial charge is 0.381 e. The summed E-state index contributed by atoms with van der Waals surface area (Å²) in [5.41, 5.74) is 3.23. The summed E-state index contributed by atoms with van der Waals surface area (Å²) < 4.78 is 13.0. The first-order chi connectivity index (χ1) is 10.0. The van der Waals surface area contributed by atoms with Crippen molar-refractivity contribution in [2.75, 3.05) is 12.4 Å². The zero-order valence-corrected chi connectivity index (χ0v) is 12.6. The number of carbonyl (C=O) groups excluding carboxylic acids is 1. The second-order valence-electron chi connectivity index (χ2n) is 4.70. The fourth-order valence-electron chi connectivity index (χ4n) is 1.95. The SMILES string of the molecule is CNC(=O)c1ccc(C)c(NCc2ccc(F)cc2Cl)c1. The van der Waals surface area contributed by atoms with Crippen molar-refractivity contribution < 1.29 is 9.18 Å².